The van der Waals surface area contributed by atoms with E-state index in [0.29, 0.717) is 47.0 Å². The van der Waals surface area contributed by atoms with Crippen molar-refractivity contribution in [2.75, 3.05) is 30.4 Å². The molecule has 4 rings (SSSR count). The van der Waals surface area contributed by atoms with Crippen LogP contribution in [0.15, 0.2) is 41.3 Å². The Kier molecular flexibility index (Phi) is 7.35. The van der Waals surface area contributed by atoms with Crippen LogP contribution in [0.1, 0.15) is 28.8 Å². The first kappa shape index (κ1) is 23.0. The third-order valence-corrected chi connectivity index (χ3v) is 7.15. The highest BCUT2D eigenvalue weighted by Gasteiger charge is 2.30. The van der Waals surface area contributed by atoms with E-state index in [1.54, 1.807) is 12.1 Å². The molecule has 0 radical (unpaired) electrons. The van der Waals surface area contributed by atoms with Gasteiger partial charge in [0.1, 0.15) is 5.82 Å². The topological polar surface area (TPSA) is 84.7 Å². The highest BCUT2D eigenvalue weighted by Crippen LogP contribution is 2.37. The second-order valence-electron chi connectivity index (χ2n) is 8.03. The summed E-state index contributed by atoms with van der Waals surface area (Å²) in [4.78, 5) is 27.9. The summed E-state index contributed by atoms with van der Waals surface area (Å²) in [6, 6.07) is 9.19. The van der Waals surface area contributed by atoms with Crippen LogP contribution in [0, 0.1) is 11.7 Å². The van der Waals surface area contributed by atoms with Crippen molar-refractivity contribution in [2.24, 2.45) is 11.7 Å². The van der Waals surface area contributed by atoms with E-state index < -0.39 is 17.8 Å². The SMILES string of the molecule is N[C@H]1CSc2cc(F)c(C(=O)NCC3CCOCC3)cc2N(Cc2ccc(Cl)cc2)C1=O. The fourth-order valence-corrected chi connectivity index (χ4v) is 4.96. The van der Waals surface area contributed by atoms with Crippen LogP contribution in [0.2, 0.25) is 5.02 Å². The van der Waals surface area contributed by atoms with Gasteiger partial charge in [-0.3, -0.25) is 9.59 Å². The van der Waals surface area contributed by atoms with Crippen LogP contribution in [0.25, 0.3) is 0 Å². The molecule has 170 valence electrons. The summed E-state index contributed by atoms with van der Waals surface area (Å²) in [6.45, 7) is 2.05. The van der Waals surface area contributed by atoms with E-state index in [2.05, 4.69) is 5.32 Å². The minimum absolute atomic E-state index is 0.0826. The smallest absolute Gasteiger partial charge is 0.254 e. The Bertz CT molecular complexity index is 999. The predicted molar refractivity (Wildman–Crippen MR) is 124 cm³/mol. The van der Waals surface area contributed by atoms with Gasteiger partial charge in [-0.1, -0.05) is 23.7 Å². The normalized spacial score (nSPS) is 19.4. The standard InChI is InChI=1S/C23H25ClFN3O3S/c24-16-3-1-15(2-4-16)12-28-20-9-17(22(29)27-11-14-5-7-31-8-6-14)18(25)10-21(20)32-13-19(26)23(28)30/h1-4,9-10,14,19H,5-8,11-13,26H2,(H,27,29)/t19-/m0/s1. The zero-order valence-electron chi connectivity index (χ0n) is 17.5. The minimum atomic E-state index is -0.728. The summed E-state index contributed by atoms with van der Waals surface area (Å²) in [5, 5.41) is 3.43. The zero-order chi connectivity index (χ0) is 22.7. The first-order valence-electron chi connectivity index (χ1n) is 10.6. The second-order valence-corrected chi connectivity index (χ2v) is 9.53. The first-order chi connectivity index (χ1) is 15.4. The van der Waals surface area contributed by atoms with E-state index in [9.17, 15) is 14.0 Å². The van der Waals surface area contributed by atoms with Crippen molar-refractivity contribution in [3.63, 3.8) is 0 Å². The van der Waals surface area contributed by atoms with E-state index in [1.807, 2.05) is 12.1 Å². The van der Waals surface area contributed by atoms with Gasteiger partial charge in [-0.2, -0.15) is 0 Å². The molecule has 0 spiro atoms. The molecule has 2 aliphatic heterocycles. The number of hydrogen-bond donors (Lipinski definition) is 2. The molecule has 0 bridgehead atoms. The summed E-state index contributed by atoms with van der Waals surface area (Å²) in [7, 11) is 0. The molecule has 3 N–H and O–H groups in total. The molecule has 1 fully saturated rings. The number of ether oxygens (including phenoxy) is 1. The van der Waals surface area contributed by atoms with E-state index in [0.717, 1.165) is 18.4 Å². The number of rotatable bonds is 5. The Morgan fingerprint density at radius 3 is 2.69 bits per heavy atom. The summed E-state index contributed by atoms with van der Waals surface area (Å²) in [5.74, 6) is -0.735. The van der Waals surface area contributed by atoms with Gasteiger partial charge in [-0.15, -0.1) is 11.8 Å². The highest BCUT2D eigenvalue weighted by molar-refractivity contribution is 7.99. The molecular weight excluding hydrogens is 453 g/mol. The van der Waals surface area contributed by atoms with Gasteiger partial charge in [-0.05, 0) is 48.6 Å². The monoisotopic (exact) mass is 477 g/mol. The fourth-order valence-electron chi connectivity index (χ4n) is 3.83. The van der Waals surface area contributed by atoms with Gasteiger partial charge in [0.05, 0.1) is 23.8 Å². The van der Waals surface area contributed by atoms with E-state index in [4.69, 9.17) is 22.1 Å². The number of hydrogen-bond acceptors (Lipinski definition) is 5. The van der Waals surface area contributed by atoms with Gasteiger partial charge in [0.25, 0.3) is 5.91 Å². The van der Waals surface area contributed by atoms with Crippen molar-refractivity contribution in [1.82, 2.24) is 5.32 Å². The number of fused-ring (bicyclic) bond motifs is 1. The van der Waals surface area contributed by atoms with Gasteiger partial charge in [0.15, 0.2) is 0 Å². The number of carbonyl (C=O) groups excluding carboxylic acids is 2. The van der Waals surface area contributed by atoms with Crippen LogP contribution in [0.3, 0.4) is 0 Å². The molecule has 9 heteroatoms. The summed E-state index contributed by atoms with van der Waals surface area (Å²) in [5.41, 5.74) is 7.33. The highest BCUT2D eigenvalue weighted by atomic mass is 35.5. The number of nitrogens with zero attached hydrogens (tertiary/aromatic N) is 1. The summed E-state index contributed by atoms with van der Waals surface area (Å²) < 4.78 is 20.2. The minimum Gasteiger partial charge on any atom is -0.381 e. The average Bonchev–Trinajstić information content (AvgIpc) is 2.91. The van der Waals surface area contributed by atoms with E-state index in [-0.39, 0.29) is 18.0 Å². The van der Waals surface area contributed by atoms with Crippen molar-refractivity contribution in [1.29, 1.82) is 0 Å². The van der Waals surface area contributed by atoms with Crippen LogP contribution >= 0.6 is 23.4 Å². The fraction of sp³-hybridized carbons (Fsp3) is 0.391. The van der Waals surface area contributed by atoms with Crippen LogP contribution in [0.4, 0.5) is 10.1 Å². The number of anilines is 1. The lowest BCUT2D eigenvalue weighted by Gasteiger charge is -2.25. The number of benzene rings is 2. The number of thioether (sulfide) groups is 1. The summed E-state index contributed by atoms with van der Waals surface area (Å²) >= 11 is 7.29. The molecule has 0 aromatic heterocycles. The largest absolute Gasteiger partial charge is 0.381 e. The average molecular weight is 478 g/mol. The lowest BCUT2D eigenvalue weighted by atomic mass is 10.0. The maximum Gasteiger partial charge on any atom is 0.254 e. The Hall–Kier alpha value is -2.13. The van der Waals surface area contributed by atoms with Gasteiger partial charge in [0.2, 0.25) is 5.91 Å². The van der Waals surface area contributed by atoms with Crippen molar-refractivity contribution in [2.45, 2.75) is 30.3 Å². The van der Waals surface area contributed by atoms with E-state index >= 15 is 0 Å². The van der Waals surface area contributed by atoms with Gasteiger partial charge >= 0.3 is 0 Å². The van der Waals surface area contributed by atoms with Crippen molar-refractivity contribution in [3.05, 3.63) is 58.4 Å². The van der Waals surface area contributed by atoms with Gasteiger partial charge in [0, 0.05) is 35.4 Å². The second kappa shape index (κ2) is 10.2. The lowest BCUT2D eigenvalue weighted by Crippen LogP contribution is -2.44. The maximum atomic E-state index is 14.9. The Morgan fingerprint density at radius 2 is 1.97 bits per heavy atom. The quantitative estimate of drug-likeness (QED) is 0.687. The third kappa shape index (κ3) is 5.26. The molecule has 2 heterocycles. The zero-order valence-corrected chi connectivity index (χ0v) is 19.1. The molecule has 1 atom stereocenters. The molecule has 6 nitrogen and oxygen atoms in total. The van der Waals surface area contributed by atoms with Crippen molar-refractivity contribution in [3.8, 4) is 0 Å². The Labute approximate surface area is 195 Å². The number of nitrogens with two attached hydrogens (primary N) is 1. The number of carbonyl (C=O) groups is 2. The van der Waals surface area contributed by atoms with Crippen LogP contribution in [-0.2, 0) is 16.1 Å². The van der Waals surface area contributed by atoms with Crippen LogP contribution in [0.5, 0.6) is 0 Å². The maximum absolute atomic E-state index is 14.9. The Balaban J connectivity index is 1.61. The van der Waals surface area contributed by atoms with Crippen LogP contribution < -0.4 is 16.0 Å². The number of nitrogens with one attached hydrogen (secondary N) is 1. The van der Waals surface area contributed by atoms with Gasteiger partial charge in [-0.25, -0.2) is 4.39 Å². The predicted octanol–water partition coefficient (Wildman–Crippen LogP) is 3.60. The molecule has 0 aliphatic carbocycles. The van der Waals surface area contributed by atoms with E-state index in [1.165, 1.54) is 28.8 Å². The van der Waals surface area contributed by atoms with Crippen molar-refractivity contribution < 1.29 is 18.7 Å². The third-order valence-electron chi connectivity index (χ3n) is 5.73. The molecular formula is C23H25ClFN3O3S. The molecule has 2 aliphatic rings. The first-order valence-corrected chi connectivity index (χ1v) is 11.9. The molecule has 2 aromatic carbocycles. The van der Waals surface area contributed by atoms with Gasteiger partial charge < -0.3 is 20.7 Å². The molecule has 0 saturated carbocycles. The summed E-state index contributed by atoms with van der Waals surface area (Å²) in [6.07, 6.45) is 1.73. The number of amides is 2. The van der Waals surface area contributed by atoms with Crippen molar-refractivity contribution >= 4 is 40.9 Å². The molecule has 32 heavy (non-hydrogen) atoms. The number of halogens is 2. The van der Waals surface area contributed by atoms with Crippen LogP contribution in [-0.4, -0.2) is 43.4 Å². The molecule has 2 amide bonds. The lowest BCUT2D eigenvalue weighted by molar-refractivity contribution is -0.119. The Morgan fingerprint density at radius 1 is 1.25 bits per heavy atom. The molecule has 0 unspecified atom stereocenters. The molecule has 1 saturated heterocycles. The molecule has 2 aromatic rings.